The summed E-state index contributed by atoms with van der Waals surface area (Å²) in [6.45, 7) is 4.92. The molecule has 0 aromatic heterocycles. The number of amides is 2. The molecule has 0 saturated carbocycles. The Morgan fingerprint density at radius 3 is 2.26 bits per heavy atom. The zero-order chi connectivity index (χ0) is 25.2. The minimum Gasteiger partial charge on any atom is -0.354 e. The van der Waals surface area contributed by atoms with E-state index in [-0.39, 0.29) is 24.8 Å². The molecule has 184 valence electrons. The second-order valence-electron chi connectivity index (χ2n) is 9.09. The van der Waals surface area contributed by atoms with E-state index in [0.717, 1.165) is 16.7 Å². The van der Waals surface area contributed by atoms with Gasteiger partial charge in [-0.15, -0.1) is 0 Å². The first-order chi connectivity index (χ1) is 16.8. The first kappa shape index (κ1) is 26.8. The van der Waals surface area contributed by atoms with E-state index in [1.807, 2.05) is 86.6 Å². The van der Waals surface area contributed by atoms with Gasteiger partial charge in [0, 0.05) is 36.0 Å². The lowest BCUT2D eigenvalue weighted by molar-refractivity contribution is -0.141. The van der Waals surface area contributed by atoms with Crippen molar-refractivity contribution >= 4 is 35.0 Å². The number of halogens is 2. The van der Waals surface area contributed by atoms with E-state index in [9.17, 15) is 9.59 Å². The van der Waals surface area contributed by atoms with Gasteiger partial charge in [-0.3, -0.25) is 9.59 Å². The summed E-state index contributed by atoms with van der Waals surface area (Å²) in [5.41, 5.74) is 2.78. The Bertz CT molecular complexity index is 1120. The van der Waals surface area contributed by atoms with Crippen LogP contribution < -0.4 is 5.32 Å². The summed E-state index contributed by atoms with van der Waals surface area (Å²) in [5.74, 6) is 0.0369. The van der Waals surface area contributed by atoms with Crippen LogP contribution in [0.5, 0.6) is 0 Å². The van der Waals surface area contributed by atoms with Gasteiger partial charge in [0.1, 0.15) is 6.04 Å². The van der Waals surface area contributed by atoms with Gasteiger partial charge in [0.15, 0.2) is 0 Å². The third kappa shape index (κ3) is 8.41. The zero-order valence-electron chi connectivity index (χ0n) is 20.2. The molecule has 0 aliphatic rings. The highest BCUT2D eigenvalue weighted by atomic mass is 35.5. The number of hydrogen-bond donors (Lipinski definition) is 1. The number of benzene rings is 3. The summed E-state index contributed by atoms with van der Waals surface area (Å²) < 4.78 is 0. The largest absolute Gasteiger partial charge is 0.354 e. The molecule has 0 aliphatic carbocycles. The van der Waals surface area contributed by atoms with E-state index in [1.165, 1.54) is 0 Å². The molecule has 3 aromatic rings. The van der Waals surface area contributed by atoms with Crippen molar-refractivity contribution in [3.8, 4) is 0 Å². The maximum absolute atomic E-state index is 13.7. The predicted molar refractivity (Wildman–Crippen MR) is 144 cm³/mol. The first-order valence-electron chi connectivity index (χ1n) is 11.9. The molecule has 1 unspecified atom stereocenters. The van der Waals surface area contributed by atoms with Crippen molar-refractivity contribution < 1.29 is 9.59 Å². The summed E-state index contributed by atoms with van der Waals surface area (Å²) >= 11 is 12.5. The lowest BCUT2D eigenvalue weighted by Crippen LogP contribution is -2.51. The number of carbonyl (C=O) groups excluding carboxylic acids is 2. The molecule has 2 amide bonds. The lowest BCUT2D eigenvalue weighted by atomic mass is 10.0. The van der Waals surface area contributed by atoms with Gasteiger partial charge in [-0.1, -0.05) is 97.7 Å². The van der Waals surface area contributed by atoms with Crippen LogP contribution in [0.3, 0.4) is 0 Å². The maximum atomic E-state index is 13.7. The number of hydrogen-bond acceptors (Lipinski definition) is 2. The molecule has 0 spiro atoms. The second-order valence-corrected chi connectivity index (χ2v) is 9.93. The van der Waals surface area contributed by atoms with Crippen LogP contribution in [0.2, 0.25) is 10.0 Å². The molecule has 0 saturated heterocycles. The molecule has 35 heavy (non-hydrogen) atoms. The van der Waals surface area contributed by atoms with Crippen molar-refractivity contribution in [2.75, 3.05) is 6.54 Å². The Balaban J connectivity index is 1.91. The Labute approximate surface area is 218 Å². The van der Waals surface area contributed by atoms with Crippen molar-refractivity contribution in [1.82, 2.24) is 10.2 Å². The van der Waals surface area contributed by atoms with Crippen LogP contribution in [0.25, 0.3) is 0 Å². The van der Waals surface area contributed by atoms with Gasteiger partial charge in [0.25, 0.3) is 0 Å². The third-order valence-electron chi connectivity index (χ3n) is 5.76. The fourth-order valence-corrected chi connectivity index (χ4v) is 4.34. The number of nitrogens with zero attached hydrogens (tertiary/aromatic N) is 1. The highest BCUT2D eigenvalue weighted by Crippen LogP contribution is 2.21. The van der Waals surface area contributed by atoms with Gasteiger partial charge in [-0.2, -0.15) is 0 Å². The minimum absolute atomic E-state index is 0.106. The van der Waals surface area contributed by atoms with Crippen LogP contribution in [-0.4, -0.2) is 29.3 Å². The van der Waals surface area contributed by atoms with E-state index in [2.05, 4.69) is 5.32 Å². The van der Waals surface area contributed by atoms with E-state index >= 15 is 0 Å². The summed E-state index contributed by atoms with van der Waals surface area (Å²) in [4.78, 5) is 28.8. The molecule has 3 rings (SSSR count). The summed E-state index contributed by atoms with van der Waals surface area (Å²) in [6.07, 6.45) is 1.16. The Hall–Kier alpha value is -2.82. The molecule has 6 heteroatoms. The molecular weight excluding hydrogens is 479 g/mol. The average Bonchev–Trinajstić information content (AvgIpc) is 2.84. The number of aryl methyl sites for hydroxylation is 1. The van der Waals surface area contributed by atoms with Crippen LogP contribution in [0, 0.1) is 5.92 Å². The van der Waals surface area contributed by atoms with Gasteiger partial charge < -0.3 is 10.2 Å². The monoisotopic (exact) mass is 510 g/mol. The zero-order valence-corrected chi connectivity index (χ0v) is 21.7. The Morgan fingerprint density at radius 1 is 0.886 bits per heavy atom. The molecule has 0 aliphatic heterocycles. The van der Waals surface area contributed by atoms with E-state index in [0.29, 0.717) is 35.3 Å². The molecule has 3 aromatic carbocycles. The van der Waals surface area contributed by atoms with Crippen molar-refractivity contribution in [1.29, 1.82) is 0 Å². The van der Waals surface area contributed by atoms with Gasteiger partial charge in [0.2, 0.25) is 11.8 Å². The molecule has 1 atom stereocenters. The molecule has 0 fully saturated rings. The normalized spacial score (nSPS) is 11.8. The maximum Gasteiger partial charge on any atom is 0.243 e. The summed E-state index contributed by atoms with van der Waals surface area (Å²) in [5, 5.41) is 4.27. The van der Waals surface area contributed by atoms with Crippen LogP contribution >= 0.6 is 23.2 Å². The molecule has 0 bridgehead atoms. The minimum atomic E-state index is -0.658. The smallest absolute Gasteiger partial charge is 0.243 e. The van der Waals surface area contributed by atoms with E-state index in [4.69, 9.17) is 23.2 Å². The van der Waals surface area contributed by atoms with E-state index < -0.39 is 6.04 Å². The molecule has 0 radical (unpaired) electrons. The Morgan fingerprint density at radius 2 is 1.57 bits per heavy atom. The van der Waals surface area contributed by atoms with Gasteiger partial charge in [-0.05, 0) is 47.2 Å². The molecule has 0 heterocycles. The standard InChI is InChI=1S/C29H32Cl2N2O2/c1-21(2)19-32-29(35)27(18-22-9-4-3-5-10-22)33(20-23-11-8-13-25(30)17-23)28(34)16-15-24-12-6-7-14-26(24)31/h3-14,17,21,27H,15-16,18-20H2,1-2H3,(H,32,35). The SMILES string of the molecule is CC(C)CNC(=O)C(Cc1ccccc1)N(Cc1cccc(Cl)c1)C(=O)CCc1ccccc1Cl. The van der Waals surface area contributed by atoms with Crippen LogP contribution in [-0.2, 0) is 29.0 Å². The third-order valence-corrected chi connectivity index (χ3v) is 6.37. The predicted octanol–water partition coefficient (Wildman–Crippen LogP) is 6.34. The lowest BCUT2D eigenvalue weighted by Gasteiger charge is -2.32. The van der Waals surface area contributed by atoms with Gasteiger partial charge >= 0.3 is 0 Å². The van der Waals surface area contributed by atoms with Crippen LogP contribution in [0.1, 0.15) is 37.0 Å². The number of nitrogens with one attached hydrogen (secondary N) is 1. The van der Waals surface area contributed by atoms with Gasteiger partial charge in [0.05, 0.1) is 0 Å². The van der Waals surface area contributed by atoms with Crippen molar-refractivity contribution in [2.45, 2.75) is 45.7 Å². The topological polar surface area (TPSA) is 49.4 Å². The van der Waals surface area contributed by atoms with Crippen molar-refractivity contribution in [3.05, 3.63) is 106 Å². The molecule has 1 N–H and O–H groups in total. The highest BCUT2D eigenvalue weighted by Gasteiger charge is 2.30. The quantitative estimate of drug-likeness (QED) is 0.327. The van der Waals surface area contributed by atoms with Crippen molar-refractivity contribution in [3.63, 3.8) is 0 Å². The van der Waals surface area contributed by atoms with Gasteiger partial charge in [-0.25, -0.2) is 0 Å². The molecule has 4 nitrogen and oxygen atoms in total. The fraction of sp³-hybridized carbons (Fsp3) is 0.310. The summed E-state index contributed by atoms with van der Waals surface area (Å²) in [6, 6.07) is 24.1. The van der Waals surface area contributed by atoms with Crippen LogP contribution in [0.15, 0.2) is 78.9 Å². The highest BCUT2D eigenvalue weighted by molar-refractivity contribution is 6.31. The second kappa shape index (κ2) is 13.3. The Kier molecular flexibility index (Phi) is 10.2. The van der Waals surface area contributed by atoms with Crippen molar-refractivity contribution in [2.24, 2.45) is 5.92 Å². The molecular formula is C29H32Cl2N2O2. The first-order valence-corrected chi connectivity index (χ1v) is 12.7. The average molecular weight is 511 g/mol. The number of carbonyl (C=O) groups is 2. The van der Waals surface area contributed by atoms with E-state index in [1.54, 1.807) is 11.0 Å². The fourth-order valence-electron chi connectivity index (χ4n) is 3.89. The van der Waals surface area contributed by atoms with Crippen LogP contribution in [0.4, 0.5) is 0 Å². The summed E-state index contributed by atoms with van der Waals surface area (Å²) in [7, 11) is 0. The number of rotatable bonds is 11.